The number of fused-ring (bicyclic) bond motifs is 1. The Bertz CT molecular complexity index is 574. The molecule has 2 N–H and O–H groups in total. The molecule has 88 valence electrons. The molecule has 2 aromatic rings. The van der Waals surface area contributed by atoms with Gasteiger partial charge in [0, 0.05) is 22.8 Å². The molecule has 0 spiro atoms. The molecule has 1 atom stereocenters. The van der Waals surface area contributed by atoms with Crippen LogP contribution < -0.4 is 5.73 Å². The molecule has 1 aliphatic heterocycles. The zero-order valence-corrected chi connectivity index (χ0v) is 10.8. The smallest absolute Gasteiger partial charge is 0.129 e. The maximum Gasteiger partial charge on any atom is 0.129 e. The lowest BCUT2D eigenvalue weighted by Crippen LogP contribution is -1.98. The minimum Gasteiger partial charge on any atom is -0.383 e. The van der Waals surface area contributed by atoms with E-state index >= 15 is 0 Å². The second kappa shape index (κ2) is 3.81. The van der Waals surface area contributed by atoms with Gasteiger partial charge < -0.3 is 5.73 Å². The summed E-state index contributed by atoms with van der Waals surface area (Å²) in [7, 11) is 1.86. The molecule has 17 heavy (non-hydrogen) atoms. The predicted molar refractivity (Wildman–Crippen MR) is 72.1 cm³/mol. The van der Waals surface area contributed by atoms with E-state index in [1.165, 1.54) is 16.9 Å². The van der Waals surface area contributed by atoms with Gasteiger partial charge in [-0.25, -0.2) is 0 Å². The van der Waals surface area contributed by atoms with Crippen molar-refractivity contribution < 1.29 is 0 Å². The highest BCUT2D eigenvalue weighted by molar-refractivity contribution is 8.00. The number of aromatic nitrogens is 2. The number of nitrogens with zero attached hydrogens (tertiary/aromatic N) is 2. The molecular formula is C13H15N3S. The van der Waals surface area contributed by atoms with Gasteiger partial charge in [0.25, 0.3) is 0 Å². The molecule has 0 saturated heterocycles. The van der Waals surface area contributed by atoms with Crippen LogP contribution in [0.4, 0.5) is 5.82 Å². The van der Waals surface area contributed by atoms with Crippen molar-refractivity contribution in [3.8, 4) is 11.1 Å². The summed E-state index contributed by atoms with van der Waals surface area (Å²) in [4.78, 5) is 1.39. The molecule has 1 aromatic heterocycles. The fourth-order valence-corrected chi connectivity index (χ4v) is 3.43. The van der Waals surface area contributed by atoms with Crippen molar-refractivity contribution >= 4 is 17.6 Å². The Morgan fingerprint density at radius 1 is 1.47 bits per heavy atom. The number of aryl methyl sites for hydroxylation is 1. The first-order chi connectivity index (χ1) is 8.15. The SMILES string of the molecule is CC1Cc2ccc(-c3cnn(C)c3N)cc2S1. The number of anilines is 1. The van der Waals surface area contributed by atoms with Gasteiger partial charge in [0.2, 0.25) is 0 Å². The molecule has 2 heterocycles. The molecule has 0 amide bonds. The van der Waals surface area contributed by atoms with Crippen LogP contribution in [0, 0.1) is 0 Å². The molecule has 1 aliphatic rings. The molecule has 0 saturated carbocycles. The van der Waals surface area contributed by atoms with Crippen LogP contribution in [0.5, 0.6) is 0 Å². The lowest BCUT2D eigenvalue weighted by atomic mass is 10.0. The highest BCUT2D eigenvalue weighted by Crippen LogP contribution is 2.39. The van der Waals surface area contributed by atoms with Crippen molar-refractivity contribution in [2.75, 3.05) is 5.73 Å². The molecule has 0 fully saturated rings. The van der Waals surface area contributed by atoms with Gasteiger partial charge in [-0.2, -0.15) is 5.10 Å². The summed E-state index contributed by atoms with van der Waals surface area (Å²) >= 11 is 1.94. The summed E-state index contributed by atoms with van der Waals surface area (Å²) in [6, 6.07) is 6.59. The van der Waals surface area contributed by atoms with Gasteiger partial charge in [0.1, 0.15) is 5.82 Å². The number of thioether (sulfide) groups is 1. The third-order valence-corrected chi connectivity index (χ3v) is 4.40. The van der Waals surface area contributed by atoms with Crippen LogP contribution in [-0.4, -0.2) is 15.0 Å². The van der Waals surface area contributed by atoms with Crippen LogP contribution in [0.3, 0.4) is 0 Å². The van der Waals surface area contributed by atoms with E-state index in [9.17, 15) is 0 Å². The highest BCUT2D eigenvalue weighted by atomic mass is 32.2. The first-order valence-corrected chi connectivity index (χ1v) is 6.60. The first kappa shape index (κ1) is 10.7. The topological polar surface area (TPSA) is 43.8 Å². The van der Waals surface area contributed by atoms with Gasteiger partial charge in [-0.3, -0.25) is 4.68 Å². The Balaban J connectivity index is 2.06. The van der Waals surface area contributed by atoms with Crippen LogP contribution in [0.15, 0.2) is 29.3 Å². The molecule has 3 nitrogen and oxygen atoms in total. The Hall–Kier alpha value is -1.42. The van der Waals surface area contributed by atoms with Crippen LogP contribution in [-0.2, 0) is 13.5 Å². The largest absolute Gasteiger partial charge is 0.383 e. The van der Waals surface area contributed by atoms with E-state index in [2.05, 4.69) is 30.2 Å². The molecular weight excluding hydrogens is 230 g/mol. The van der Waals surface area contributed by atoms with Crippen molar-refractivity contribution in [1.29, 1.82) is 0 Å². The maximum absolute atomic E-state index is 6.00. The summed E-state index contributed by atoms with van der Waals surface area (Å²) in [5.74, 6) is 0.723. The fourth-order valence-electron chi connectivity index (χ4n) is 2.24. The standard InChI is InChI=1S/C13H15N3S/c1-8-5-10-4-3-9(6-12(10)17-8)11-7-15-16(2)13(11)14/h3-4,6-8H,5,14H2,1-2H3. The summed E-state index contributed by atoms with van der Waals surface area (Å²) in [6.45, 7) is 2.27. The lowest BCUT2D eigenvalue weighted by molar-refractivity contribution is 0.779. The molecule has 1 unspecified atom stereocenters. The third-order valence-electron chi connectivity index (χ3n) is 3.20. The fraction of sp³-hybridized carbons (Fsp3) is 0.308. The van der Waals surface area contributed by atoms with Crippen molar-refractivity contribution in [2.24, 2.45) is 7.05 Å². The monoisotopic (exact) mass is 245 g/mol. The number of hydrogen-bond donors (Lipinski definition) is 1. The van der Waals surface area contributed by atoms with E-state index in [1.807, 2.05) is 25.0 Å². The second-order valence-electron chi connectivity index (χ2n) is 4.52. The Labute approximate surface area is 105 Å². The summed E-state index contributed by atoms with van der Waals surface area (Å²) in [5.41, 5.74) is 9.64. The summed E-state index contributed by atoms with van der Waals surface area (Å²) in [6.07, 6.45) is 3.00. The first-order valence-electron chi connectivity index (χ1n) is 5.72. The van der Waals surface area contributed by atoms with Crippen LogP contribution in [0.25, 0.3) is 11.1 Å². The van der Waals surface area contributed by atoms with E-state index in [0.29, 0.717) is 5.25 Å². The van der Waals surface area contributed by atoms with Crippen LogP contribution in [0.1, 0.15) is 12.5 Å². The van der Waals surface area contributed by atoms with Crippen LogP contribution >= 0.6 is 11.8 Å². The molecule has 0 radical (unpaired) electrons. The van der Waals surface area contributed by atoms with E-state index in [0.717, 1.165) is 16.9 Å². The lowest BCUT2D eigenvalue weighted by Gasteiger charge is -2.04. The number of benzene rings is 1. The molecule has 0 bridgehead atoms. The zero-order chi connectivity index (χ0) is 12.0. The predicted octanol–water partition coefficient (Wildman–Crippen LogP) is 2.71. The minimum absolute atomic E-state index is 0.687. The average molecular weight is 245 g/mol. The van der Waals surface area contributed by atoms with Gasteiger partial charge in [0.15, 0.2) is 0 Å². The Morgan fingerprint density at radius 3 is 3.00 bits per heavy atom. The van der Waals surface area contributed by atoms with E-state index in [4.69, 9.17) is 5.73 Å². The van der Waals surface area contributed by atoms with Crippen LogP contribution in [0.2, 0.25) is 0 Å². The zero-order valence-electron chi connectivity index (χ0n) is 9.97. The van der Waals surface area contributed by atoms with E-state index in [-0.39, 0.29) is 0 Å². The highest BCUT2D eigenvalue weighted by Gasteiger charge is 2.19. The van der Waals surface area contributed by atoms with E-state index in [1.54, 1.807) is 4.68 Å². The average Bonchev–Trinajstić information content (AvgIpc) is 2.81. The van der Waals surface area contributed by atoms with Gasteiger partial charge in [-0.1, -0.05) is 19.1 Å². The number of rotatable bonds is 1. The number of hydrogen-bond acceptors (Lipinski definition) is 3. The minimum atomic E-state index is 0.687. The maximum atomic E-state index is 6.00. The summed E-state index contributed by atoms with van der Waals surface area (Å²) < 4.78 is 1.71. The van der Waals surface area contributed by atoms with Gasteiger partial charge in [-0.05, 0) is 23.6 Å². The van der Waals surface area contributed by atoms with Crippen molar-refractivity contribution in [2.45, 2.75) is 23.5 Å². The second-order valence-corrected chi connectivity index (χ2v) is 6.00. The van der Waals surface area contributed by atoms with Crippen molar-refractivity contribution in [3.05, 3.63) is 30.0 Å². The van der Waals surface area contributed by atoms with Crippen molar-refractivity contribution in [1.82, 2.24) is 9.78 Å². The summed E-state index contributed by atoms with van der Waals surface area (Å²) in [5, 5.41) is 4.87. The third kappa shape index (κ3) is 1.72. The quantitative estimate of drug-likeness (QED) is 0.840. The van der Waals surface area contributed by atoms with Gasteiger partial charge in [0.05, 0.1) is 6.20 Å². The van der Waals surface area contributed by atoms with Gasteiger partial charge >= 0.3 is 0 Å². The Morgan fingerprint density at radius 2 is 2.29 bits per heavy atom. The molecule has 1 aromatic carbocycles. The number of nitrogen functional groups attached to an aromatic ring is 1. The molecule has 4 heteroatoms. The normalized spacial score (nSPS) is 18.4. The van der Waals surface area contributed by atoms with Crippen molar-refractivity contribution in [3.63, 3.8) is 0 Å². The molecule has 0 aliphatic carbocycles. The van der Waals surface area contributed by atoms with E-state index < -0.39 is 0 Å². The Kier molecular flexibility index (Phi) is 2.40. The van der Waals surface area contributed by atoms with Gasteiger partial charge in [-0.15, -0.1) is 11.8 Å². The molecule has 3 rings (SSSR count). The number of nitrogens with two attached hydrogens (primary N) is 1.